The molecule has 2 N–H and O–H groups in total. The van der Waals surface area contributed by atoms with Crippen molar-refractivity contribution in [2.75, 3.05) is 25.1 Å². The molecule has 0 saturated heterocycles. The molecule has 4 rings (SSSR count). The number of rotatable bonds is 11. The van der Waals surface area contributed by atoms with Crippen LogP contribution >= 0.6 is 11.3 Å². The lowest BCUT2D eigenvalue weighted by Gasteiger charge is -2.07. The topological polar surface area (TPSA) is 98.5 Å². The average Bonchev–Trinajstić information content (AvgIpc) is 3.34. The number of nitrogens with zero attached hydrogens (tertiary/aromatic N) is 3. The summed E-state index contributed by atoms with van der Waals surface area (Å²) in [6.07, 6.45) is -2.96. The van der Waals surface area contributed by atoms with Crippen LogP contribution in [0.1, 0.15) is 29.6 Å². The number of aromatic nitrogens is 3. The van der Waals surface area contributed by atoms with Crippen molar-refractivity contribution in [3.63, 3.8) is 0 Å². The number of fused-ring (bicyclic) bond motifs is 2. The van der Waals surface area contributed by atoms with Gasteiger partial charge in [0.1, 0.15) is 5.75 Å². The number of anilines is 2. The van der Waals surface area contributed by atoms with Gasteiger partial charge in [-0.3, -0.25) is 4.79 Å². The SMILES string of the molecule is Cn1c(Nc2nc3ccc(OC(F)(F)F)cc3s2)nc2cc(C(=O)CCCCOCCO)ccc21. The second kappa shape index (κ2) is 10.6. The fourth-order valence-corrected chi connectivity index (χ4v) is 4.42. The number of aryl methyl sites for hydroxylation is 1. The number of aliphatic hydroxyl groups excluding tert-OH is 1. The second-order valence-electron chi connectivity index (χ2n) is 7.74. The van der Waals surface area contributed by atoms with Gasteiger partial charge in [0, 0.05) is 31.7 Å². The number of alkyl halides is 3. The molecule has 0 atom stereocenters. The lowest BCUT2D eigenvalue weighted by Crippen LogP contribution is -2.16. The molecule has 4 aromatic rings. The van der Waals surface area contributed by atoms with E-state index in [1.54, 1.807) is 12.1 Å². The van der Waals surface area contributed by atoms with Gasteiger partial charge >= 0.3 is 6.36 Å². The van der Waals surface area contributed by atoms with E-state index < -0.39 is 6.36 Å². The molecule has 0 bridgehead atoms. The Morgan fingerprint density at radius 3 is 2.71 bits per heavy atom. The Kier molecular flexibility index (Phi) is 7.53. The zero-order chi connectivity index (χ0) is 25.0. The monoisotopic (exact) mass is 508 g/mol. The lowest BCUT2D eigenvalue weighted by molar-refractivity contribution is -0.274. The van der Waals surface area contributed by atoms with Gasteiger partial charge < -0.3 is 24.5 Å². The molecule has 0 saturated carbocycles. The molecular weight excluding hydrogens is 485 g/mol. The number of hydrogen-bond acceptors (Lipinski definition) is 8. The van der Waals surface area contributed by atoms with Crippen LogP contribution < -0.4 is 10.1 Å². The van der Waals surface area contributed by atoms with Crippen LogP contribution in [0.4, 0.5) is 24.3 Å². The molecule has 2 heterocycles. The van der Waals surface area contributed by atoms with Crippen LogP contribution in [0.25, 0.3) is 21.3 Å². The van der Waals surface area contributed by atoms with Crippen molar-refractivity contribution >= 4 is 49.4 Å². The molecule has 2 aromatic heterocycles. The molecule has 2 aromatic carbocycles. The molecular formula is C23H23F3N4O4S. The molecule has 0 aliphatic heterocycles. The van der Waals surface area contributed by atoms with E-state index >= 15 is 0 Å². The average molecular weight is 509 g/mol. The van der Waals surface area contributed by atoms with E-state index in [-0.39, 0.29) is 18.1 Å². The van der Waals surface area contributed by atoms with Crippen LogP contribution in [0.3, 0.4) is 0 Å². The summed E-state index contributed by atoms with van der Waals surface area (Å²) in [5.74, 6) is 0.187. The number of carbonyl (C=O) groups excluding carboxylic acids is 1. The van der Waals surface area contributed by atoms with Crippen molar-refractivity contribution in [3.8, 4) is 5.75 Å². The van der Waals surface area contributed by atoms with Crippen LogP contribution in [0, 0.1) is 0 Å². The molecule has 0 aliphatic rings. The highest BCUT2D eigenvalue weighted by Gasteiger charge is 2.31. The standard InChI is InChI=1S/C23H23F3N4O4S/c1-30-18-8-5-14(19(32)4-2-3-10-33-11-9-31)12-17(18)27-21(30)29-22-28-16-7-6-15(13-20(16)35-22)34-23(24,25)26/h5-8,12-13,31H,2-4,9-11H2,1H3,(H,27,28,29). The maximum atomic E-state index is 12.6. The van der Waals surface area contributed by atoms with E-state index in [4.69, 9.17) is 9.84 Å². The van der Waals surface area contributed by atoms with E-state index in [1.807, 2.05) is 17.7 Å². The number of aliphatic hydroxyl groups is 1. The Morgan fingerprint density at radius 1 is 1.11 bits per heavy atom. The quantitative estimate of drug-likeness (QED) is 0.213. The summed E-state index contributed by atoms with van der Waals surface area (Å²) in [5.41, 5.74) is 2.54. The molecule has 35 heavy (non-hydrogen) atoms. The van der Waals surface area contributed by atoms with Crippen LogP contribution in [0.5, 0.6) is 5.75 Å². The number of Topliss-reactive ketones (excluding diaryl/α,β-unsaturated/α-hetero) is 1. The number of benzene rings is 2. The minimum Gasteiger partial charge on any atom is -0.406 e. The van der Waals surface area contributed by atoms with Crippen LogP contribution in [-0.2, 0) is 11.8 Å². The van der Waals surface area contributed by atoms with Gasteiger partial charge in [0.15, 0.2) is 10.9 Å². The summed E-state index contributed by atoms with van der Waals surface area (Å²) in [4.78, 5) is 21.5. The van der Waals surface area contributed by atoms with E-state index in [0.29, 0.717) is 58.4 Å². The minimum absolute atomic E-state index is 0.0114. The van der Waals surface area contributed by atoms with Crippen LogP contribution in [0.2, 0.25) is 0 Å². The van der Waals surface area contributed by atoms with Crippen molar-refractivity contribution in [2.45, 2.75) is 25.6 Å². The number of unbranched alkanes of at least 4 members (excludes halogenated alkanes) is 1. The summed E-state index contributed by atoms with van der Waals surface area (Å²) in [6, 6.07) is 9.29. The smallest absolute Gasteiger partial charge is 0.406 e. The second-order valence-corrected chi connectivity index (χ2v) is 8.77. The Balaban J connectivity index is 1.45. The largest absolute Gasteiger partial charge is 0.573 e. The minimum atomic E-state index is -4.76. The van der Waals surface area contributed by atoms with E-state index in [2.05, 4.69) is 20.0 Å². The number of imidazole rings is 1. The first-order valence-electron chi connectivity index (χ1n) is 10.8. The van der Waals surface area contributed by atoms with Gasteiger partial charge in [-0.2, -0.15) is 0 Å². The Morgan fingerprint density at radius 2 is 1.94 bits per heavy atom. The Bertz CT molecular complexity index is 1340. The summed E-state index contributed by atoms with van der Waals surface area (Å²) in [6.45, 7) is 0.784. The van der Waals surface area contributed by atoms with Gasteiger partial charge in [0.05, 0.1) is 34.5 Å². The highest BCUT2D eigenvalue weighted by Crippen LogP contribution is 2.33. The zero-order valence-electron chi connectivity index (χ0n) is 18.8. The number of thiazole rings is 1. The molecule has 0 aliphatic carbocycles. The normalized spacial score (nSPS) is 11.9. The van der Waals surface area contributed by atoms with Crippen molar-refractivity contribution in [3.05, 3.63) is 42.0 Å². The molecule has 0 amide bonds. The molecule has 186 valence electrons. The Labute approximate surface area is 202 Å². The number of ether oxygens (including phenoxy) is 2. The van der Waals surface area contributed by atoms with Gasteiger partial charge in [-0.25, -0.2) is 9.97 Å². The van der Waals surface area contributed by atoms with E-state index in [9.17, 15) is 18.0 Å². The van der Waals surface area contributed by atoms with Gasteiger partial charge in [-0.05, 0) is 43.2 Å². The van der Waals surface area contributed by atoms with Gasteiger partial charge in [0.2, 0.25) is 5.95 Å². The highest BCUT2D eigenvalue weighted by atomic mass is 32.1. The molecule has 0 unspecified atom stereocenters. The van der Waals surface area contributed by atoms with E-state index in [0.717, 1.165) is 11.9 Å². The third kappa shape index (κ3) is 6.27. The predicted molar refractivity (Wildman–Crippen MR) is 126 cm³/mol. The van der Waals surface area contributed by atoms with Gasteiger partial charge in [0.25, 0.3) is 0 Å². The molecule has 0 spiro atoms. The molecule has 0 radical (unpaired) electrons. The van der Waals surface area contributed by atoms with E-state index in [1.165, 1.54) is 29.5 Å². The molecule has 0 fully saturated rings. The van der Waals surface area contributed by atoms with Crippen molar-refractivity contribution in [1.82, 2.24) is 14.5 Å². The third-order valence-electron chi connectivity index (χ3n) is 5.19. The Hall–Kier alpha value is -3.22. The number of nitrogens with one attached hydrogen (secondary N) is 1. The van der Waals surface area contributed by atoms with Crippen LogP contribution in [0.15, 0.2) is 36.4 Å². The first-order chi connectivity index (χ1) is 16.7. The number of carbonyl (C=O) groups is 1. The fourth-order valence-electron chi connectivity index (χ4n) is 3.54. The van der Waals surface area contributed by atoms with Crippen molar-refractivity contribution < 1.29 is 32.5 Å². The van der Waals surface area contributed by atoms with Gasteiger partial charge in [-0.1, -0.05) is 11.3 Å². The van der Waals surface area contributed by atoms with Crippen molar-refractivity contribution in [1.29, 1.82) is 0 Å². The summed E-state index contributed by atoms with van der Waals surface area (Å²) >= 11 is 1.17. The zero-order valence-corrected chi connectivity index (χ0v) is 19.6. The first-order valence-corrected chi connectivity index (χ1v) is 11.7. The summed E-state index contributed by atoms with van der Waals surface area (Å²) in [7, 11) is 1.81. The first kappa shape index (κ1) is 24.9. The van der Waals surface area contributed by atoms with Gasteiger partial charge in [-0.15, -0.1) is 13.2 Å². The lowest BCUT2D eigenvalue weighted by atomic mass is 10.1. The summed E-state index contributed by atoms with van der Waals surface area (Å²) in [5, 5.41) is 12.3. The van der Waals surface area contributed by atoms with Crippen LogP contribution in [-0.4, -0.2) is 51.6 Å². The fraction of sp³-hybridized carbons (Fsp3) is 0.348. The molecule has 8 nitrogen and oxygen atoms in total. The summed E-state index contributed by atoms with van der Waals surface area (Å²) < 4.78 is 49.0. The molecule has 12 heteroatoms. The number of halogens is 3. The number of hydrogen-bond donors (Lipinski definition) is 2. The highest BCUT2D eigenvalue weighted by molar-refractivity contribution is 7.22. The number of ketones is 1. The van der Waals surface area contributed by atoms with Crippen molar-refractivity contribution in [2.24, 2.45) is 7.05 Å². The maximum absolute atomic E-state index is 12.6. The maximum Gasteiger partial charge on any atom is 0.573 e. The predicted octanol–water partition coefficient (Wildman–Crippen LogP) is 5.19. The third-order valence-corrected chi connectivity index (χ3v) is 6.13.